The molecular formula is C25H22FN5O3. The van der Waals surface area contributed by atoms with Gasteiger partial charge in [0.15, 0.2) is 0 Å². The van der Waals surface area contributed by atoms with E-state index in [0.717, 1.165) is 6.08 Å². The lowest BCUT2D eigenvalue weighted by molar-refractivity contribution is -0.116. The van der Waals surface area contributed by atoms with Gasteiger partial charge in [-0.2, -0.15) is 0 Å². The van der Waals surface area contributed by atoms with Gasteiger partial charge in [0.05, 0.1) is 11.3 Å². The van der Waals surface area contributed by atoms with Crippen LogP contribution >= 0.6 is 0 Å². The Morgan fingerprint density at radius 2 is 1.82 bits per heavy atom. The van der Waals surface area contributed by atoms with Gasteiger partial charge in [0.25, 0.3) is 5.56 Å². The van der Waals surface area contributed by atoms with E-state index < -0.39 is 11.7 Å². The highest BCUT2D eigenvalue weighted by Crippen LogP contribution is 2.28. The molecule has 0 saturated carbocycles. The molecule has 9 heteroatoms. The number of aromatic nitrogens is 3. The highest BCUT2D eigenvalue weighted by atomic mass is 19.1. The second-order valence-electron chi connectivity index (χ2n) is 7.48. The second kappa shape index (κ2) is 9.53. The Morgan fingerprint density at radius 3 is 2.53 bits per heavy atom. The molecule has 2 N–H and O–H groups in total. The number of carbonyl (C=O) groups excluding carboxylic acids is 2. The first-order chi connectivity index (χ1) is 16.4. The number of aryl methyl sites for hydroxylation is 1. The van der Waals surface area contributed by atoms with Crippen LogP contribution in [0.25, 0.3) is 16.9 Å². The maximum Gasteiger partial charge on any atom is 0.267 e. The van der Waals surface area contributed by atoms with E-state index in [9.17, 15) is 18.8 Å². The van der Waals surface area contributed by atoms with Crippen LogP contribution in [0.4, 0.5) is 15.8 Å². The number of nitrogens with zero attached hydrogens (tertiary/aromatic N) is 3. The molecule has 0 aliphatic carbocycles. The Labute approximate surface area is 194 Å². The van der Waals surface area contributed by atoms with Gasteiger partial charge in [-0.1, -0.05) is 31.7 Å². The molecule has 0 atom stereocenters. The van der Waals surface area contributed by atoms with Crippen LogP contribution in [0.15, 0.2) is 78.4 Å². The van der Waals surface area contributed by atoms with Crippen molar-refractivity contribution in [3.05, 3.63) is 95.4 Å². The Bertz CT molecular complexity index is 1450. The van der Waals surface area contributed by atoms with E-state index in [1.165, 1.54) is 28.7 Å². The van der Waals surface area contributed by atoms with Crippen LogP contribution in [-0.2, 0) is 22.6 Å². The van der Waals surface area contributed by atoms with Gasteiger partial charge in [-0.05, 0) is 42.8 Å². The van der Waals surface area contributed by atoms with Gasteiger partial charge < -0.3 is 15.2 Å². The third kappa shape index (κ3) is 4.49. The van der Waals surface area contributed by atoms with Crippen LogP contribution in [0, 0.1) is 5.82 Å². The first-order valence-corrected chi connectivity index (χ1v) is 10.6. The van der Waals surface area contributed by atoms with Crippen LogP contribution in [0.3, 0.4) is 0 Å². The van der Waals surface area contributed by atoms with E-state index >= 15 is 0 Å². The Morgan fingerprint density at radius 1 is 1.09 bits per heavy atom. The summed E-state index contributed by atoms with van der Waals surface area (Å²) in [6.07, 6.45) is 4.76. The summed E-state index contributed by atoms with van der Waals surface area (Å²) in [7, 11) is 0. The van der Waals surface area contributed by atoms with E-state index in [4.69, 9.17) is 0 Å². The molecule has 2 aromatic carbocycles. The fourth-order valence-corrected chi connectivity index (χ4v) is 3.65. The number of amides is 2. The lowest BCUT2D eigenvalue weighted by atomic mass is 10.0. The quantitative estimate of drug-likeness (QED) is 0.413. The molecule has 8 nitrogen and oxygen atoms in total. The molecule has 0 bridgehead atoms. The number of hydrogen-bond donors (Lipinski definition) is 2. The van der Waals surface area contributed by atoms with Crippen molar-refractivity contribution in [1.82, 2.24) is 14.0 Å². The lowest BCUT2D eigenvalue weighted by Crippen LogP contribution is -2.23. The second-order valence-corrected chi connectivity index (χ2v) is 7.48. The average molecular weight is 459 g/mol. The third-order valence-electron chi connectivity index (χ3n) is 5.24. The first kappa shape index (κ1) is 22.7. The number of benzene rings is 2. The van der Waals surface area contributed by atoms with Gasteiger partial charge in [-0.15, -0.1) is 0 Å². The van der Waals surface area contributed by atoms with Crippen molar-refractivity contribution in [3.63, 3.8) is 0 Å². The molecule has 0 spiro atoms. The van der Waals surface area contributed by atoms with Gasteiger partial charge in [0.2, 0.25) is 17.6 Å². The smallest absolute Gasteiger partial charge is 0.267 e. The third-order valence-corrected chi connectivity index (χ3v) is 5.24. The van der Waals surface area contributed by atoms with Gasteiger partial charge >= 0.3 is 0 Å². The molecular weight excluding hydrogens is 437 g/mol. The van der Waals surface area contributed by atoms with E-state index in [2.05, 4.69) is 22.2 Å². The molecule has 2 aromatic heterocycles. The summed E-state index contributed by atoms with van der Waals surface area (Å²) in [5.41, 5.74) is 2.06. The highest BCUT2D eigenvalue weighted by Gasteiger charge is 2.19. The summed E-state index contributed by atoms with van der Waals surface area (Å²) >= 11 is 0. The SMILES string of the molecule is C=CC(=O)Nc1ccccc1-c1c(CC)nc2n(CC(=O)Nc3ccc(F)cc3)ccn2c1=O. The predicted octanol–water partition coefficient (Wildman–Crippen LogP) is 3.63. The maximum absolute atomic E-state index is 13.5. The van der Waals surface area contributed by atoms with Crippen molar-refractivity contribution < 1.29 is 14.0 Å². The number of imidazole rings is 1. The minimum absolute atomic E-state index is 0.0885. The summed E-state index contributed by atoms with van der Waals surface area (Å²) in [5, 5.41) is 5.42. The van der Waals surface area contributed by atoms with Gasteiger partial charge in [0.1, 0.15) is 12.4 Å². The fraction of sp³-hybridized carbons (Fsp3) is 0.120. The number of hydrogen-bond acceptors (Lipinski definition) is 4. The van der Waals surface area contributed by atoms with Crippen LogP contribution < -0.4 is 16.2 Å². The molecule has 0 saturated heterocycles. The summed E-state index contributed by atoms with van der Waals surface area (Å²) in [6, 6.07) is 12.4. The summed E-state index contributed by atoms with van der Waals surface area (Å²) in [5.74, 6) is -0.824. The largest absolute Gasteiger partial charge is 0.325 e. The topological polar surface area (TPSA) is 97.5 Å². The van der Waals surface area contributed by atoms with E-state index in [0.29, 0.717) is 40.4 Å². The number of carbonyl (C=O) groups is 2. The minimum Gasteiger partial charge on any atom is -0.325 e. The number of nitrogens with one attached hydrogen (secondary N) is 2. The van der Waals surface area contributed by atoms with E-state index in [1.807, 2.05) is 6.92 Å². The summed E-state index contributed by atoms with van der Waals surface area (Å²) in [4.78, 5) is 42.6. The molecule has 2 amide bonds. The fourth-order valence-electron chi connectivity index (χ4n) is 3.65. The molecule has 4 aromatic rings. The Balaban J connectivity index is 1.72. The zero-order valence-electron chi connectivity index (χ0n) is 18.4. The van der Waals surface area contributed by atoms with Gasteiger partial charge in [-0.25, -0.2) is 9.37 Å². The highest BCUT2D eigenvalue weighted by molar-refractivity contribution is 6.01. The maximum atomic E-state index is 13.5. The molecule has 0 aliphatic rings. The summed E-state index contributed by atoms with van der Waals surface area (Å²) in [6.45, 7) is 5.25. The van der Waals surface area contributed by atoms with E-state index in [-0.39, 0.29) is 18.0 Å². The molecule has 172 valence electrons. The van der Waals surface area contributed by atoms with Crippen LogP contribution in [0.2, 0.25) is 0 Å². The van der Waals surface area contributed by atoms with Crippen molar-refractivity contribution >= 4 is 29.0 Å². The van der Waals surface area contributed by atoms with Gasteiger partial charge in [-0.3, -0.25) is 18.8 Å². The van der Waals surface area contributed by atoms with Crippen LogP contribution in [0.1, 0.15) is 12.6 Å². The zero-order valence-corrected chi connectivity index (χ0v) is 18.4. The number of anilines is 2. The number of rotatable bonds is 7. The molecule has 0 radical (unpaired) electrons. The molecule has 0 fully saturated rings. The monoisotopic (exact) mass is 459 g/mol. The van der Waals surface area contributed by atoms with E-state index in [1.54, 1.807) is 41.2 Å². The standard InChI is InChI=1S/C25H22FN5O3/c1-3-19-23(18-7-5-6-8-20(18)28-21(32)4-2)24(34)31-14-13-30(25(31)29-19)15-22(33)27-17-11-9-16(26)10-12-17/h4-14H,2-3,15H2,1H3,(H,27,33)(H,28,32). The van der Waals surface area contributed by atoms with Gasteiger partial charge in [0, 0.05) is 29.3 Å². The van der Waals surface area contributed by atoms with Crippen LogP contribution in [-0.4, -0.2) is 25.8 Å². The van der Waals surface area contributed by atoms with Crippen molar-refractivity contribution in [3.8, 4) is 11.1 Å². The number of para-hydroxylation sites is 1. The average Bonchev–Trinajstić information content (AvgIpc) is 3.23. The first-order valence-electron chi connectivity index (χ1n) is 10.6. The number of halogens is 1. The molecule has 0 unspecified atom stereocenters. The van der Waals surface area contributed by atoms with Crippen LogP contribution in [0.5, 0.6) is 0 Å². The number of fused-ring (bicyclic) bond motifs is 1. The lowest BCUT2D eigenvalue weighted by Gasteiger charge is -2.13. The Hall–Kier alpha value is -4.53. The predicted molar refractivity (Wildman–Crippen MR) is 128 cm³/mol. The molecule has 34 heavy (non-hydrogen) atoms. The summed E-state index contributed by atoms with van der Waals surface area (Å²) < 4.78 is 16.0. The van der Waals surface area contributed by atoms with Crippen molar-refractivity contribution in [1.29, 1.82) is 0 Å². The zero-order chi connectivity index (χ0) is 24.2. The van der Waals surface area contributed by atoms with Crippen molar-refractivity contribution in [2.45, 2.75) is 19.9 Å². The molecule has 2 heterocycles. The minimum atomic E-state index is -0.397. The molecule has 0 aliphatic heterocycles. The van der Waals surface area contributed by atoms with Crippen molar-refractivity contribution in [2.24, 2.45) is 0 Å². The molecule has 4 rings (SSSR count). The normalized spacial score (nSPS) is 10.8. The Kier molecular flexibility index (Phi) is 6.35. The van der Waals surface area contributed by atoms with Crippen molar-refractivity contribution in [2.75, 3.05) is 10.6 Å².